The van der Waals surface area contributed by atoms with Gasteiger partial charge in [0, 0.05) is 44.9 Å². The smallest absolute Gasteiger partial charge is 0.266 e. The minimum absolute atomic E-state index is 0.129. The standard InChI is InChI=1S/C19H24N4O5S/c1-15-2-5-19(24)23(20-15)11-8-21-6-9-22(10-7-21)29(25,26)16-3-4-17-18(14-16)28-13-12-27-17/h2-5,14H,6-13H2,1H3. The maximum absolute atomic E-state index is 13.0. The summed E-state index contributed by atoms with van der Waals surface area (Å²) in [5.41, 5.74) is 0.662. The van der Waals surface area contributed by atoms with E-state index in [-0.39, 0.29) is 10.5 Å². The second-order valence-corrected chi connectivity index (χ2v) is 9.03. The molecule has 9 nitrogen and oxygen atoms in total. The van der Waals surface area contributed by atoms with Crippen LogP contribution in [0.2, 0.25) is 0 Å². The van der Waals surface area contributed by atoms with Crippen molar-refractivity contribution in [1.82, 2.24) is 19.0 Å². The molecule has 29 heavy (non-hydrogen) atoms. The van der Waals surface area contributed by atoms with E-state index in [1.54, 1.807) is 18.2 Å². The minimum Gasteiger partial charge on any atom is -0.486 e. The number of ether oxygens (including phenoxy) is 2. The van der Waals surface area contributed by atoms with E-state index in [1.807, 2.05) is 6.92 Å². The monoisotopic (exact) mass is 420 g/mol. The van der Waals surface area contributed by atoms with Gasteiger partial charge in [-0.15, -0.1) is 0 Å². The van der Waals surface area contributed by atoms with Gasteiger partial charge in [-0.1, -0.05) is 0 Å². The molecule has 0 amide bonds. The molecule has 1 aromatic carbocycles. The first-order chi connectivity index (χ1) is 13.9. The first-order valence-electron chi connectivity index (χ1n) is 9.60. The Morgan fingerprint density at radius 1 is 0.966 bits per heavy atom. The normalized spacial score (nSPS) is 18.0. The number of hydrogen-bond acceptors (Lipinski definition) is 7. The Balaban J connectivity index is 1.37. The lowest BCUT2D eigenvalue weighted by Gasteiger charge is -2.34. The third kappa shape index (κ3) is 4.29. The number of sulfonamides is 1. The Bertz CT molecular complexity index is 1040. The number of piperazine rings is 1. The Hall–Kier alpha value is -2.43. The van der Waals surface area contributed by atoms with Crippen LogP contribution in [0.1, 0.15) is 5.69 Å². The number of aryl methyl sites for hydroxylation is 1. The van der Waals surface area contributed by atoms with E-state index in [4.69, 9.17) is 9.47 Å². The summed E-state index contributed by atoms with van der Waals surface area (Å²) in [5, 5.41) is 4.24. The van der Waals surface area contributed by atoms with Crippen LogP contribution in [0.5, 0.6) is 11.5 Å². The molecule has 0 atom stereocenters. The van der Waals surface area contributed by atoms with E-state index in [1.165, 1.54) is 21.1 Å². The van der Waals surface area contributed by atoms with Gasteiger partial charge in [-0.25, -0.2) is 13.1 Å². The Morgan fingerprint density at radius 2 is 1.69 bits per heavy atom. The summed E-state index contributed by atoms with van der Waals surface area (Å²) in [6.07, 6.45) is 0. The van der Waals surface area contributed by atoms with Crippen molar-refractivity contribution in [3.8, 4) is 11.5 Å². The molecule has 0 unspecified atom stereocenters. The van der Waals surface area contributed by atoms with Gasteiger partial charge in [0.2, 0.25) is 10.0 Å². The fourth-order valence-electron chi connectivity index (χ4n) is 3.47. The summed E-state index contributed by atoms with van der Waals surface area (Å²) in [6.45, 7) is 5.84. The molecule has 0 radical (unpaired) electrons. The molecule has 2 aromatic rings. The molecule has 1 fully saturated rings. The van der Waals surface area contributed by atoms with E-state index in [9.17, 15) is 13.2 Å². The van der Waals surface area contributed by atoms with E-state index < -0.39 is 10.0 Å². The van der Waals surface area contributed by atoms with Crippen molar-refractivity contribution in [2.45, 2.75) is 18.4 Å². The number of hydrogen-bond donors (Lipinski definition) is 0. The largest absolute Gasteiger partial charge is 0.486 e. The van der Waals surface area contributed by atoms with Crippen LogP contribution in [0.25, 0.3) is 0 Å². The molecular weight excluding hydrogens is 396 g/mol. The fourth-order valence-corrected chi connectivity index (χ4v) is 4.91. The van der Waals surface area contributed by atoms with Crippen LogP contribution in [0.4, 0.5) is 0 Å². The van der Waals surface area contributed by atoms with Crippen LogP contribution in [-0.4, -0.2) is 73.3 Å². The number of nitrogens with zero attached hydrogens (tertiary/aromatic N) is 4. The molecular formula is C19H24N4O5S. The van der Waals surface area contributed by atoms with E-state index in [0.29, 0.717) is 64.0 Å². The highest BCUT2D eigenvalue weighted by atomic mass is 32.2. The van der Waals surface area contributed by atoms with E-state index in [2.05, 4.69) is 10.00 Å². The van der Waals surface area contributed by atoms with Crippen LogP contribution < -0.4 is 15.0 Å². The van der Waals surface area contributed by atoms with E-state index >= 15 is 0 Å². The van der Waals surface area contributed by atoms with Crippen LogP contribution in [0, 0.1) is 6.92 Å². The predicted octanol–water partition coefficient (Wildman–Crippen LogP) is 0.329. The second kappa shape index (κ2) is 8.13. The minimum atomic E-state index is -3.59. The molecule has 0 bridgehead atoms. The van der Waals surface area contributed by atoms with Crippen LogP contribution in [0.3, 0.4) is 0 Å². The van der Waals surface area contributed by atoms with Gasteiger partial charge in [0.15, 0.2) is 11.5 Å². The van der Waals surface area contributed by atoms with Crippen LogP contribution in [0.15, 0.2) is 40.0 Å². The maximum Gasteiger partial charge on any atom is 0.266 e. The zero-order valence-corrected chi connectivity index (χ0v) is 17.1. The average Bonchev–Trinajstić information content (AvgIpc) is 2.74. The summed E-state index contributed by atoms with van der Waals surface area (Å²) in [7, 11) is -3.59. The molecule has 3 heterocycles. The van der Waals surface area contributed by atoms with E-state index in [0.717, 1.165) is 5.69 Å². The van der Waals surface area contributed by atoms with Crippen molar-refractivity contribution in [3.63, 3.8) is 0 Å². The second-order valence-electron chi connectivity index (χ2n) is 7.09. The van der Waals surface area contributed by atoms with Crippen LogP contribution >= 0.6 is 0 Å². The number of aromatic nitrogens is 2. The number of fused-ring (bicyclic) bond motifs is 1. The summed E-state index contributed by atoms with van der Waals surface area (Å²) < 4.78 is 39.9. The quantitative estimate of drug-likeness (QED) is 0.688. The average molecular weight is 420 g/mol. The Morgan fingerprint density at radius 3 is 2.45 bits per heavy atom. The molecule has 0 spiro atoms. The van der Waals surface area contributed by atoms with Gasteiger partial charge < -0.3 is 9.47 Å². The van der Waals surface area contributed by atoms with Crippen molar-refractivity contribution >= 4 is 10.0 Å². The van der Waals surface area contributed by atoms with Crippen molar-refractivity contribution in [2.24, 2.45) is 0 Å². The van der Waals surface area contributed by atoms with Crippen molar-refractivity contribution < 1.29 is 17.9 Å². The van der Waals surface area contributed by atoms with Crippen molar-refractivity contribution in [3.05, 3.63) is 46.4 Å². The predicted molar refractivity (Wildman–Crippen MR) is 106 cm³/mol. The van der Waals surface area contributed by atoms with Gasteiger partial charge in [0.05, 0.1) is 17.1 Å². The third-order valence-corrected chi connectivity index (χ3v) is 7.01. The molecule has 0 N–H and O–H groups in total. The van der Waals surface area contributed by atoms with Gasteiger partial charge in [-0.05, 0) is 25.1 Å². The van der Waals surface area contributed by atoms with Gasteiger partial charge in [-0.2, -0.15) is 9.40 Å². The lowest BCUT2D eigenvalue weighted by atomic mass is 10.3. The lowest BCUT2D eigenvalue weighted by molar-refractivity contribution is 0.170. The highest BCUT2D eigenvalue weighted by Gasteiger charge is 2.29. The summed E-state index contributed by atoms with van der Waals surface area (Å²) in [4.78, 5) is 14.2. The summed E-state index contributed by atoms with van der Waals surface area (Å²) in [6, 6.07) is 7.95. The van der Waals surface area contributed by atoms with Crippen LogP contribution in [-0.2, 0) is 16.6 Å². The first kappa shape index (κ1) is 19.9. The summed E-state index contributed by atoms with van der Waals surface area (Å²) >= 11 is 0. The van der Waals surface area contributed by atoms with Gasteiger partial charge >= 0.3 is 0 Å². The zero-order chi connectivity index (χ0) is 20.4. The van der Waals surface area contributed by atoms with Gasteiger partial charge in [0.1, 0.15) is 13.2 Å². The highest BCUT2D eigenvalue weighted by Crippen LogP contribution is 2.33. The SMILES string of the molecule is Cc1ccc(=O)n(CCN2CCN(S(=O)(=O)c3ccc4c(c3)OCCO4)CC2)n1. The number of benzene rings is 1. The van der Waals surface area contributed by atoms with Gasteiger partial charge in [0.25, 0.3) is 5.56 Å². The highest BCUT2D eigenvalue weighted by molar-refractivity contribution is 7.89. The molecule has 0 aliphatic carbocycles. The maximum atomic E-state index is 13.0. The molecule has 4 rings (SSSR count). The molecule has 156 valence electrons. The third-order valence-electron chi connectivity index (χ3n) is 5.11. The molecule has 1 aromatic heterocycles. The fraction of sp³-hybridized carbons (Fsp3) is 0.474. The molecule has 2 aliphatic rings. The molecule has 10 heteroatoms. The first-order valence-corrected chi connectivity index (χ1v) is 11.0. The zero-order valence-electron chi connectivity index (χ0n) is 16.3. The Labute approximate surface area is 169 Å². The summed E-state index contributed by atoms with van der Waals surface area (Å²) in [5.74, 6) is 1.03. The number of rotatable bonds is 5. The lowest BCUT2D eigenvalue weighted by Crippen LogP contribution is -2.49. The topological polar surface area (TPSA) is 94.0 Å². The van der Waals surface area contributed by atoms with Crippen molar-refractivity contribution in [1.29, 1.82) is 0 Å². The molecule has 0 saturated carbocycles. The Kier molecular flexibility index (Phi) is 5.57. The van der Waals surface area contributed by atoms with Gasteiger partial charge in [-0.3, -0.25) is 9.69 Å². The molecule has 2 aliphatic heterocycles. The van der Waals surface area contributed by atoms with Crippen molar-refractivity contribution in [2.75, 3.05) is 45.9 Å². The molecule has 1 saturated heterocycles.